The number of hydrogen-bond acceptors (Lipinski definition) is 5. The number of ether oxygens (including phenoxy) is 1. The summed E-state index contributed by atoms with van der Waals surface area (Å²) in [7, 11) is 0. The molecule has 0 bridgehead atoms. The van der Waals surface area contributed by atoms with E-state index in [1.54, 1.807) is 30.3 Å². The first-order valence-electron chi connectivity index (χ1n) is 8.01. The van der Waals surface area contributed by atoms with Gasteiger partial charge in [0, 0.05) is 10.6 Å². The van der Waals surface area contributed by atoms with E-state index in [0.29, 0.717) is 16.1 Å². The summed E-state index contributed by atoms with van der Waals surface area (Å²) < 4.78 is 5.54. The molecule has 0 saturated carbocycles. The highest BCUT2D eigenvalue weighted by Gasteiger charge is 2.19. The van der Waals surface area contributed by atoms with Crippen molar-refractivity contribution in [3.05, 3.63) is 51.7 Å². The van der Waals surface area contributed by atoms with Gasteiger partial charge < -0.3 is 15.4 Å². The largest absolute Gasteiger partial charge is 0.459 e. The minimum atomic E-state index is -0.343. The van der Waals surface area contributed by atoms with Crippen molar-refractivity contribution in [2.45, 2.75) is 25.9 Å². The van der Waals surface area contributed by atoms with Crippen molar-refractivity contribution in [2.75, 3.05) is 18.4 Å². The number of carbonyl (C=O) groups excluding carboxylic acids is 2. The summed E-state index contributed by atoms with van der Waals surface area (Å²) in [5, 5.41) is 6.06. The van der Waals surface area contributed by atoms with Gasteiger partial charge in [-0.2, -0.15) is 0 Å². The molecule has 1 fully saturated rings. The van der Waals surface area contributed by atoms with Gasteiger partial charge in [0.2, 0.25) is 0 Å². The Kier molecular flexibility index (Phi) is 6.99. The van der Waals surface area contributed by atoms with E-state index in [9.17, 15) is 9.59 Å². The van der Waals surface area contributed by atoms with Gasteiger partial charge in [0.1, 0.15) is 6.10 Å². The number of halogens is 1. The molecule has 1 aromatic carbocycles. The van der Waals surface area contributed by atoms with E-state index in [4.69, 9.17) is 4.74 Å². The number of rotatable bonds is 4. The predicted octanol–water partition coefficient (Wildman–Crippen LogP) is 3.64. The highest BCUT2D eigenvalue weighted by atomic mass is 35.5. The molecule has 25 heavy (non-hydrogen) atoms. The van der Waals surface area contributed by atoms with Gasteiger partial charge in [-0.1, -0.05) is 6.07 Å². The van der Waals surface area contributed by atoms with E-state index in [-0.39, 0.29) is 30.4 Å². The molecule has 1 saturated heterocycles. The summed E-state index contributed by atoms with van der Waals surface area (Å²) in [5.41, 5.74) is 1.04. The lowest BCUT2D eigenvalue weighted by Crippen LogP contribution is -2.33. The van der Waals surface area contributed by atoms with Gasteiger partial charge in [-0.15, -0.1) is 23.7 Å². The van der Waals surface area contributed by atoms with Crippen LogP contribution in [0.2, 0.25) is 0 Å². The molecule has 0 spiro atoms. The molecular formula is C18H21ClN2O3S. The van der Waals surface area contributed by atoms with Crippen LogP contribution in [0.5, 0.6) is 0 Å². The molecule has 1 aliphatic rings. The Bertz CT molecular complexity index is 741. The zero-order valence-corrected chi connectivity index (χ0v) is 15.5. The van der Waals surface area contributed by atoms with Crippen LogP contribution in [0.15, 0.2) is 36.4 Å². The Morgan fingerprint density at radius 1 is 1.20 bits per heavy atom. The number of esters is 1. The van der Waals surface area contributed by atoms with Crippen LogP contribution in [0.4, 0.5) is 5.69 Å². The number of anilines is 1. The number of hydrogen-bond donors (Lipinski definition) is 2. The highest BCUT2D eigenvalue weighted by molar-refractivity contribution is 7.14. The zero-order valence-electron chi connectivity index (χ0n) is 13.9. The first-order valence-corrected chi connectivity index (χ1v) is 8.83. The molecular weight excluding hydrogens is 360 g/mol. The molecule has 0 aliphatic carbocycles. The Morgan fingerprint density at radius 2 is 1.96 bits per heavy atom. The van der Waals surface area contributed by atoms with Gasteiger partial charge >= 0.3 is 5.97 Å². The molecule has 2 N–H and O–H groups in total. The van der Waals surface area contributed by atoms with E-state index in [1.165, 1.54) is 11.3 Å². The fourth-order valence-electron chi connectivity index (χ4n) is 2.61. The summed E-state index contributed by atoms with van der Waals surface area (Å²) in [4.78, 5) is 26.2. The van der Waals surface area contributed by atoms with Crippen molar-refractivity contribution in [3.63, 3.8) is 0 Å². The molecule has 7 heteroatoms. The van der Waals surface area contributed by atoms with Crippen LogP contribution in [-0.4, -0.2) is 31.1 Å². The number of piperidine rings is 1. The zero-order chi connectivity index (χ0) is 16.9. The molecule has 1 aromatic heterocycles. The topological polar surface area (TPSA) is 67.4 Å². The maximum Gasteiger partial charge on any atom is 0.338 e. The number of carbonyl (C=O) groups is 2. The van der Waals surface area contributed by atoms with E-state index in [0.717, 1.165) is 30.8 Å². The lowest BCUT2D eigenvalue weighted by molar-refractivity contribution is 0.0229. The summed E-state index contributed by atoms with van der Waals surface area (Å²) >= 11 is 1.44. The van der Waals surface area contributed by atoms with Gasteiger partial charge in [0.25, 0.3) is 5.91 Å². The molecule has 5 nitrogen and oxygen atoms in total. The fourth-order valence-corrected chi connectivity index (χ4v) is 3.37. The second kappa shape index (κ2) is 8.99. The Hall–Kier alpha value is -1.89. The molecule has 0 radical (unpaired) electrons. The van der Waals surface area contributed by atoms with E-state index in [2.05, 4.69) is 10.6 Å². The van der Waals surface area contributed by atoms with Crippen LogP contribution in [-0.2, 0) is 4.74 Å². The van der Waals surface area contributed by atoms with Crippen LogP contribution in [0.1, 0.15) is 37.7 Å². The van der Waals surface area contributed by atoms with Crippen molar-refractivity contribution < 1.29 is 14.3 Å². The van der Waals surface area contributed by atoms with E-state index >= 15 is 0 Å². The molecule has 3 rings (SSSR count). The lowest BCUT2D eigenvalue weighted by Gasteiger charge is -2.22. The average molecular weight is 381 g/mol. The van der Waals surface area contributed by atoms with Crippen LogP contribution in [0.3, 0.4) is 0 Å². The van der Waals surface area contributed by atoms with Gasteiger partial charge in [-0.05, 0) is 63.2 Å². The molecule has 1 amide bonds. The number of benzene rings is 1. The first kappa shape index (κ1) is 19.4. The summed E-state index contributed by atoms with van der Waals surface area (Å²) in [6.45, 7) is 3.70. The maximum absolute atomic E-state index is 12.3. The minimum Gasteiger partial charge on any atom is -0.459 e. The van der Waals surface area contributed by atoms with Gasteiger partial charge in [-0.3, -0.25) is 4.79 Å². The third-order valence-electron chi connectivity index (χ3n) is 3.88. The Balaban J connectivity index is 0.00000225. The smallest absolute Gasteiger partial charge is 0.338 e. The standard InChI is InChI=1S/C18H20N2O3S.ClH/c1-12-5-6-16(24-12)17(21)20-14-4-2-3-13(11-14)18(22)23-15-7-9-19-10-8-15;/h2-6,11,15,19H,7-10H2,1H3,(H,20,21);1H. The molecule has 0 atom stereocenters. The maximum atomic E-state index is 12.3. The number of nitrogens with one attached hydrogen (secondary N) is 2. The molecule has 2 heterocycles. The summed E-state index contributed by atoms with van der Waals surface area (Å²) in [5.74, 6) is -0.512. The van der Waals surface area contributed by atoms with Crippen LogP contribution >= 0.6 is 23.7 Å². The van der Waals surface area contributed by atoms with Crippen molar-refractivity contribution >= 4 is 41.3 Å². The molecule has 134 valence electrons. The second-order valence-corrected chi connectivity index (χ2v) is 7.09. The number of aryl methyl sites for hydroxylation is 1. The monoisotopic (exact) mass is 380 g/mol. The quantitative estimate of drug-likeness (QED) is 0.794. The third kappa shape index (κ3) is 5.29. The first-order chi connectivity index (χ1) is 11.6. The van der Waals surface area contributed by atoms with Crippen LogP contribution in [0, 0.1) is 6.92 Å². The Labute approximate surface area is 157 Å². The molecule has 2 aromatic rings. The van der Waals surface area contributed by atoms with Crippen molar-refractivity contribution in [1.82, 2.24) is 5.32 Å². The lowest BCUT2D eigenvalue weighted by atomic mass is 10.1. The molecule has 1 aliphatic heterocycles. The van der Waals surface area contributed by atoms with E-state index < -0.39 is 0 Å². The van der Waals surface area contributed by atoms with Crippen molar-refractivity contribution in [3.8, 4) is 0 Å². The minimum absolute atomic E-state index is 0. The summed E-state index contributed by atoms with van der Waals surface area (Å²) in [6.07, 6.45) is 1.63. The highest BCUT2D eigenvalue weighted by Crippen LogP contribution is 2.19. The van der Waals surface area contributed by atoms with Crippen LogP contribution < -0.4 is 10.6 Å². The Morgan fingerprint density at radius 3 is 2.64 bits per heavy atom. The van der Waals surface area contributed by atoms with Crippen molar-refractivity contribution in [2.24, 2.45) is 0 Å². The predicted molar refractivity (Wildman–Crippen MR) is 102 cm³/mol. The van der Waals surface area contributed by atoms with Crippen molar-refractivity contribution in [1.29, 1.82) is 0 Å². The average Bonchev–Trinajstić information content (AvgIpc) is 3.03. The molecule has 0 unspecified atom stereocenters. The normalized spacial score (nSPS) is 14.4. The number of amides is 1. The second-order valence-electron chi connectivity index (χ2n) is 5.80. The van der Waals surface area contributed by atoms with E-state index in [1.807, 2.05) is 13.0 Å². The third-order valence-corrected chi connectivity index (χ3v) is 4.88. The van der Waals surface area contributed by atoms with Crippen LogP contribution in [0.25, 0.3) is 0 Å². The number of thiophene rings is 1. The van der Waals surface area contributed by atoms with Gasteiger partial charge in [0.05, 0.1) is 10.4 Å². The van der Waals surface area contributed by atoms with Gasteiger partial charge in [-0.25, -0.2) is 4.79 Å². The summed E-state index contributed by atoms with van der Waals surface area (Å²) in [6, 6.07) is 10.6. The SMILES string of the molecule is Cc1ccc(C(=O)Nc2cccc(C(=O)OC3CCNCC3)c2)s1.Cl. The van der Waals surface area contributed by atoms with Gasteiger partial charge in [0.15, 0.2) is 0 Å². The fraction of sp³-hybridized carbons (Fsp3) is 0.333.